The number of nitrogens with two attached hydrogens (primary N) is 1. The topological polar surface area (TPSA) is 132 Å². The van der Waals surface area contributed by atoms with Crippen molar-refractivity contribution in [2.24, 2.45) is 0 Å². The highest BCUT2D eigenvalue weighted by Crippen LogP contribution is 2.27. The van der Waals surface area contributed by atoms with E-state index in [1.807, 2.05) is 0 Å². The van der Waals surface area contributed by atoms with Gasteiger partial charge in [-0.25, -0.2) is 4.79 Å². The van der Waals surface area contributed by atoms with Gasteiger partial charge in [0.25, 0.3) is 11.8 Å². The molecule has 0 bridgehead atoms. The van der Waals surface area contributed by atoms with Gasteiger partial charge in [-0.3, -0.25) is 24.3 Å². The van der Waals surface area contributed by atoms with Crippen molar-refractivity contribution in [3.8, 4) is 0 Å². The quantitative estimate of drug-likeness (QED) is 0.452. The molecule has 3 aromatic rings. The van der Waals surface area contributed by atoms with E-state index in [1.165, 1.54) is 6.20 Å². The number of pyridine rings is 1. The van der Waals surface area contributed by atoms with Gasteiger partial charge in [0.2, 0.25) is 5.91 Å². The minimum atomic E-state index is -0.574. The van der Waals surface area contributed by atoms with Gasteiger partial charge in [0.05, 0.1) is 28.9 Å². The molecule has 0 fully saturated rings. The number of anilines is 2. The number of fused-ring (bicyclic) bond motifs is 2. The highest BCUT2D eigenvalue weighted by molar-refractivity contribution is 6.21. The Labute approximate surface area is 183 Å². The molecule has 2 aromatic carbocycles. The van der Waals surface area contributed by atoms with E-state index in [0.29, 0.717) is 27.7 Å². The Balaban J connectivity index is 1.46. The largest absolute Gasteiger partial charge is 0.462 e. The first-order chi connectivity index (χ1) is 15.4. The van der Waals surface area contributed by atoms with Crippen LogP contribution in [0.5, 0.6) is 0 Å². The molecule has 0 aliphatic carbocycles. The molecule has 0 atom stereocenters. The monoisotopic (exact) mass is 432 g/mol. The standard InChI is InChI=1S/C23H20N4O5/c1-2-32-23(31)17-12-25-18-8-7-13(11-16(18)20(17)24)26-19(28)9-10-27-21(29)14-5-3-4-6-15(14)22(27)30/h3-8,11-12H,2,9-10H2,1H3,(H2,24,25)(H,26,28). The zero-order valence-corrected chi connectivity index (χ0v) is 17.3. The average molecular weight is 432 g/mol. The first kappa shape index (κ1) is 21.0. The van der Waals surface area contributed by atoms with Gasteiger partial charge in [-0.15, -0.1) is 0 Å². The minimum Gasteiger partial charge on any atom is -0.462 e. The van der Waals surface area contributed by atoms with Gasteiger partial charge in [0.15, 0.2) is 0 Å². The van der Waals surface area contributed by atoms with Gasteiger partial charge >= 0.3 is 5.97 Å². The van der Waals surface area contributed by atoms with Crippen LogP contribution in [0.1, 0.15) is 44.4 Å². The predicted octanol–water partition coefficient (Wildman–Crippen LogP) is 2.62. The molecule has 0 unspecified atom stereocenters. The number of hydrogen-bond acceptors (Lipinski definition) is 7. The number of amides is 3. The van der Waals surface area contributed by atoms with Gasteiger partial charge in [-0.1, -0.05) is 12.1 Å². The van der Waals surface area contributed by atoms with Crippen LogP contribution >= 0.6 is 0 Å². The second-order valence-electron chi connectivity index (χ2n) is 7.14. The molecule has 0 radical (unpaired) electrons. The summed E-state index contributed by atoms with van der Waals surface area (Å²) >= 11 is 0. The van der Waals surface area contributed by atoms with Crippen molar-refractivity contribution < 1.29 is 23.9 Å². The maximum Gasteiger partial charge on any atom is 0.341 e. The van der Waals surface area contributed by atoms with Crippen LogP contribution in [0.2, 0.25) is 0 Å². The third-order valence-corrected chi connectivity index (χ3v) is 5.13. The molecule has 162 valence electrons. The summed E-state index contributed by atoms with van der Waals surface area (Å²) in [4.78, 5) is 54.6. The molecule has 1 aromatic heterocycles. The Morgan fingerprint density at radius 2 is 1.78 bits per heavy atom. The Hall–Kier alpha value is -4.27. The maximum absolute atomic E-state index is 12.5. The lowest BCUT2D eigenvalue weighted by atomic mass is 10.1. The Bertz CT molecular complexity index is 1240. The van der Waals surface area contributed by atoms with Crippen LogP contribution in [0.25, 0.3) is 10.9 Å². The number of esters is 1. The molecule has 1 aliphatic heterocycles. The SMILES string of the molecule is CCOC(=O)c1cnc2ccc(NC(=O)CCN3C(=O)c4ccccc4C3=O)cc2c1N. The van der Waals surface area contributed by atoms with Crippen molar-refractivity contribution in [1.82, 2.24) is 9.88 Å². The van der Waals surface area contributed by atoms with Crippen LogP contribution < -0.4 is 11.1 Å². The van der Waals surface area contributed by atoms with Crippen LogP contribution in [0.15, 0.2) is 48.7 Å². The molecular weight excluding hydrogens is 412 g/mol. The van der Waals surface area contributed by atoms with Crippen LogP contribution in [0, 0.1) is 0 Å². The van der Waals surface area contributed by atoms with Gasteiger partial charge in [-0.05, 0) is 37.3 Å². The van der Waals surface area contributed by atoms with Crippen molar-refractivity contribution in [2.45, 2.75) is 13.3 Å². The fourth-order valence-electron chi connectivity index (χ4n) is 3.54. The molecule has 2 heterocycles. The molecule has 0 saturated carbocycles. The number of hydrogen-bond donors (Lipinski definition) is 2. The van der Waals surface area contributed by atoms with E-state index in [2.05, 4.69) is 10.3 Å². The Morgan fingerprint density at radius 3 is 2.44 bits per heavy atom. The summed E-state index contributed by atoms with van der Waals surface area (Å²) in [5.74, 6) is -1.77. The van der Waals surface area contributed by atoms with Crippen molar-refractivity contribution in [2.75, 3.05) is 24.2 Å². The summed E-state index contributed by atoms with van der Waals surface area (Å²) in [5.41, 5.74) is 8.16. The molecule has 32 heavy (non-hydrogen) atoms. The number of carbonyl (C=O) groups excluding carboxylic acids is 4. The van der Waals surface area contributed by atoms with Gasteiger partial charge in [0.1, 0.15) is 5.56 Å². The Morgan fingerprint density at radius 1 is 1.09 bits per heavy atom. The van der Waals surface area contributed by atoms with Crippen molar-refractivity contribution in [3.05, 3.63) is 65.4 Å². The average Bonchev–Trinajstić information content (AvgIpc) is 3.03. The lowest BCUT2D eigenvalue weighted by Gasteiger charge is -2.14. The first-order valence-corrected chi connectivity index (χ1v) is 10.0. The molecule has 9 heteroatoms. The molecule has 0 spiro atoms. The van der Waals surface area contributed by atoms with E-state index in [0.717, 1.165) is 4.90 Å². The number of ether oxygens (including phenoxy) is 1. The smallest absolute Gasteiger partial charge is 0.341 e. The zero-order chi connectivity index (χ0) is 22.8. The van der Waals surface area contributed by atoms with E-state index < -0.39 is 17.8 Å². The van der Waals surface area contributed by atoms with Crippen LogP contribution in [0.3, 0.4) is 0 Å². The molecule has 3 amide bonds. The number of aromatic nitrogens is 1. The number of benzene rings is 2. The summed E-state index contributed by atoms with van der Waals surface area (Å²) in [6.45, 7) is 1.86. The molecular formula is C23H20N4O5. The second-order valence-corrected chi connectivity index (χ2v) is 7.14. The summed E-state index contributed by atoms with van der Waals surface area (Å²) in [6, 6.07) is 11.5. The number of nitrogens with zero attached hydrogens (tertiary/aromatic N) is 2. The van der Waals surface area contributed by atoms with E-state index >= 15 is 0 Å². The highest BCUT2D eigenvalue weighted by atomic mass is 16.5. The summed E-state index contributed by atoms with van der Waals surface area (Å²) in [5, 5.41) is 3.22. The number of rotatable bonds is 6. The zero-order valence-electron chi connectivity index (χ0n) is 17.3. The second kappa shape index (κ2) is 8.46. The maximum atomic E-state index is 12.5. The van der Waals surface area contributed by atoms with Gasteiger partial charge < -0.3 is 15.8 Å². The van der Waals surface area contributed by atoms with Gasteiger partial charge in [0, 0.05) is 30.2 Å². The minimum absolute atomic E-state index is 0.0392. The van der Waals surface area contributed by atoms with Crippen LogP contribution in [-0.2, 0) is 9.53 Å². The Kier molecular flexibility index (Phi) is 5.55. The number of carbonyl (C=O) groups is 4. The summed E-state index contributed by atoms with van der Waals surface area (Å²) in [6.07, 6.45) is 1.29. The van der Waals surface area contributed by atoms with E-state index in [-0.39, 0.29) is 36.7 Å². The van der Waals surface area contributed by atoms with Gasteiger partial charge in [-0.2, -0.15) is 0 Å². The lowest BCUT2D eigenvalue weighted by Crippen LogP contribution is -2.32. The van der Waals surface area contributed by atoms with Crippen molar-refractivity contribution in [1.29, 1.82) is 0 Å². The third-order valence-electron chi connectivity index (χ3n) is 5.13. The molecule has 0 saturated heterocycles. The fraction of sp³-hybridized carbons (Fsp3) is 0.174. The molecule has 3 N–H and O–H groups in total. The summed E-state index contributed by atoms with van der Waals surface area (Å²) < 4.78 is 4.99. The van der Waals surface area contributed by atoms with E-state index in [1.54, 1.807) is 49.4 Å². The number of nitrogen functional groups attached to an aromatic ring is 1. The first-order valence-electron chi connectivity index (χ1n) is 10.0. The van der Waals surface area contributed by atoms with Crippen LogP contribution in [-0.4, -0.2) is 46.7 Å². The van der Waals surface area contributed by atoms with Crippen molar-refractivity contribution in [3.63, 3.8) is 0 Å². The lowest BCUT2D eigenvalue weighted by molar-refractivity contribution is -0.116. The third kappa shape index (κ3) is 3.76. The highest BCUT2D eigenvalue weighted by Gasteiger charge is 2.34. The fourth-order valence-corrected chi connectivity index (χ4v) is 3.54. The molecule has 1 aliphatic rings. The number of nitrogens with one attached hydrogen (secondary N) is 1. The summed E-state index contributed by atoms with van der Waals surface area (Å²) in [7, 11) is 0. The van der Waals surface area contributed by atoms with E-state index in [4.69, 9.17) is 10.5 Å². The van der Waals surface area contributed by atoms with Crippen molar-refractivity contribution >= 4 is 46.0 Å². The predicted molar refractivity (Wildman–Crippen MR) is 117 cm³/mol. The van der Waals surface area contributed by atoms with Crippen LogP contribution in [0.4, 0.5) is 11.4 Å². The normalized spacial score (nSPS) is 12.7. The number of imide groups is 1. The molecule has 4 rings (SSSR count). The van der Waals surface area contributed by atoms with E-state index in [9.17, 15) is 19.2 Å². The molecule has 9 nitrogen and oxygen atoms in total.